The van der Waals surface area contributed by atoms with Gasteiger partial charge in [-0.2, -0.15) is 0 Å². The molecule has 0 unspecified atom stereocenters. The van der Waals surface area contributed by atoms with Crippen LogP contribution in [-0.2, 0) is 22.6 Å². The zero-order chi connectivity index (χ0) is 18.1. The number of rotatable bonds is 9. The minimum Gasteiger partial charge on any atom is -0.494 e. The molecule has 0 aliphatic heterocycles. The van der Waals surface area contributed by atoms with Crippen molar-refractivity contribution in [2.75, 3.05) is 13.2 Å². The summed E-state index contributed by atoms with van der Waals surface area (Å²) in [4.78, 5) is 22.6. The molecule has 6 heteroatoms. The molecule has 0 radical (unpaired) electrons. The van der Waals surface area contributed by atoms with Crippen molar-refractivity contribution >= 4 is 11.9 Å². The molecule has 0 spiro atoms. The van der Waals surface area contributed by atoms with Crippen LogP contribution < -0.4 is 14.8 Å². The highest BCUT2D eigenvalue weighted by Crippen LogP contribution is 2.14. The quantitative estimate of drug-likeness (QED) is 0.730. The monoisotopic (exact) mass is 343 g/mol. The number of nitrogens with one attached hydrogen (secondary N) is 1. The average Bonchev–Trinajstić information content (AvgIpc) is 2.60. The molecule has 0 atom stereocenters. The molecule has 0 aromatic heterocycles. The Balaban J connectivity index is 1.83. The first-order valence-corrected chi connectivity index (χ1v) is 7.99. The number of carboxylic acid groups (broad SMARTS) is 1. The molecular weight excluding hydrogens is 322 g/mol. The van der Waals surface area contributed by atoms with Gasteiger partial charge < -0.3 is 19.9 Å². The molecule has 2 rings (SSSR count). The number of aliphatic carboxylic acids is 1. The molecule has 2 N–H and O–H groups in total. The largest absolute Gasteiger partial charge is 0.494 e. The van der Waals surface area contributed by atoms with Crippen LogP contribution in [0.4, 0.5) is 0 Å². The molecule has 1 amide bonds. The summed E-state index contributed by atoms with van der Waals surface area (Å²) in [7, 11) is 0. The van der Waals surface area contributed by atoms with E-state index in [1.807, 2.05) is 37.3 Å². The van der Waals surface area contributed by atoms with Gasteiger partial charge in [-0.25, -0.2) is 4.79 Å². The van der Waals surface area contributed by atoms with Crippen LogP contribution in [0.1, 0.15) is 18.1 Å². The normalized spacial score (nSPS) is 10.1. The van der Waals surface area contributed by atoms with Crippen LogP contribution in [-0.4, -0.2) is 30.2 Å². The second kappa shape index (κ2) is 9.32. The molecule has 0 heterocycles. The van der Waals surface area contributed by atoms with Gasteiger partial charge in [-0.3, -0.25) is 4.79 Å². The van der Waals surface area contributed by atoms with E-state index in [2.05, 4.69) is 5.32 Å². The minimum atomic E-state index is -1.03. The number of carbonyl (C=O) groups is 2. The highest BCUT2D eigenvalue weighted by Gasteiger charge is 2.05. The summed E-state index contributed by atoms with van der Waals surface area (Å²) >= 11 is 0. The van der Waals surface area contributed by atoms with E-state index < -0.39 is 12.6 Å². The van der Waals surface area contributed by atoms with Gasteiger partial charge in [0.05, 0.1) is 13.0 Å². The van der Waals surface area contributed by atoms with Gasteiger partial charge in [0.1, 0.15) is 11.5 Å². The van der Waals surface area contributed by atoms with Gasteiger partial charge in [0.15, 0.2) is 6.61 Å². The van der Waals surface area contributed by atoms with E-state index in [0.29, 0.717) is 18.9 Å². The Morgan fingerprint density at radius 1 is 1.00 bits per heavy atom. The standard InChI is InChI=1S/C19H21NO5/c1-2-24-16-8-6-14(7-9-16)11-18(21)20-12-15-4-3-5-17(10-15)25-13-19(22)23/h3-10H,2,11-13H2,1H3,(H,20,21)(H,22,23). The predicted molar refractivity (Wildman–Crippen MR) is 92.7 cm³/mol. The van der Waals surface area contributed by atoms with Crippen LogP contribution in [0.2, 0.25) is 0 Å². The van der Waals surface area contributed by atoms with E-state index in [0.717, 1.165) is 16.9 Å². The van der Waals surface area contributed by atoms with Gasteiger partial charge in [0.25, 0.3) is 0 Å². The maximum Gasteiger partial charge on any atom is 0.341 e. The molecule has 0 aliphatic rings. The molecule has 0 fully saturated rings. The Morgan fingerprint density at radius 2 is 1.76 bits per heavy atom. The first-order valence-electron chi connectivity index (χ1n) is 7.99. The zero-order valence-electron chi connectivity index (χ0n) is 14.0. The van der Waals surface area contributed by atoms with Crippen LogP contribution in [0.5, 0.6) is 11.5 Å². The van der Waals surface area contributed by atoms with Crippen molar-refractivity contribution in [3.05, 3.63) is 59.7 Å². The molecule has 0 aliphatic carbocycles. The van der Waals surface area contributed by atoms with Crippen molar-refractivity contribution in [1.29, 1.82) is 0 Å². The van der Waals surface area contributed by atoms with E-state index >= 15 is 0 Å². The molecule has 132 valence electrons. The summed E-state index contributed by atoms with van der Waals surface area (Å²) in [6.45, 7) is 2.48. The Morgan fingerprint density at radius 3 is 2.44 bits per heavy atom. The third kappa shape index (κ3) is 6.55. The smallest absolute Gasteiger partial charge is 0.341 e. The van der Waals surface area contributed by atoms with Gasteiger partial charge in [-0.15, -0.1) is 0 Å². The van der Waals surface area contributed by atoms with Crippen LogP contribution in [0.15, 0.2) is 48.5 Å². The number of ether oxygens (including phenoxy) is 2. The van der Waals surface area contributed by atoms with Crippen molar-refractivity contribution < 1.29 is 24.2 Å². The number of amides is 1. The van der Waals surface area contributed by atoms with Crippen molar-refractivity contribution in [2.24, 2.45) is 0 Å². The number of carbonyl (C=O) groups excluding carboxylic acids is 1. The molecule has 25 heavy (non-hydrogen) atoms. The highest BCUT2D eigenvalue weighted by atomic mass is 16.5. The van der Waals surface area contributed by atoms with Crippen LogP contribution in [0.3, 0.4) is 0 Å². The summed E-state index contributed by atoms with van der Waals surface area (Å²) in [5.41, 5.74) is 1.74. The molecular formula is C19H21NO5. The van der Waals surface area contributed by atoms with Crippen LogP contribution in [0, 0.1) is 0 Å². The predicted octanol–water partition coefficient (Wildman–Crippen LogP) is 2.41. The molecule has 2 aromatic rings. The van der Waals surface area contributed by atoms with Gasteiger partial charge in [-0.1, -0.05) is 24.3 Å². The SMILES string of the molecule is CCOc1ccc(CC(=O)NCc2cccc(OCC(=O)O)c2)cc1. The molecule has 2 aromatic carbocycles. The summed E-state index contributed by atoms with van der Waals surface area (Å²) in [5.74, 6) is 0.112. The van der Waals surface area contributed by atoms with Gasteiger partial charge in [0, 0.05) is 6.54 Å². The van der Waals surface area contributed by atoms with Crippen molar-refractivity contribution in [2.45, 2.75) is 19.9 Å². The Hall–Kier alpha value is -3.02. The minimum absolute atomic E-state index is 0.0963. The number of carboxylic acids is 1. The highest BCUT2D eigenvalue weighted by molar-refractivity contribution is 5.78. The van der Waals surface area contributed by atoms with Crippen LogP contribution >= 0.6 is 0 Å². The van der Waals surface area contributed by atoms with E-state index in [4.69, 9.17) is 14.6 Å². The Kier molecular flexibility index (Phi) is 6.83. The third-order valence-electron chi connectivity index (χ3n) is 3.35. The van der Waals surface area contributed by atoms with Crippen molar-refractivity contribution in [1.82, 2.24) is 5.32 Å². The number of hydrogen-bond acceptors (Lipinski definition) is 4. The fraction of sp³-hybridized carbons (Fsp3) is 0.263. The van der Waals surface area contributed by atoms with Crippen molar-refractivity contribution in [3.8, 4) is 11.5 Å². The van der Waals surface area contributed by atoms with E-state index in [1.165, 1.54) is 0 Å². The Labute approximate surface area is 146 Å². The molecule has 0 bridgehead atoms. The maximum atomic E-state index is 12.0. The fourth-order valence-electron chi connectivity index (χ4n) is 2.21. The Bertz CT molecular complexity index is 712. The number of hydrogen-bond donors (Lipinski definition) is 2. The average molecular weight is 343 g/mol. The van der Waals surface area contributed by atoms with E-state index in [9.17, 15) is 9.59 Å². The zero-order valence-corrected chi connectivity index (χ0v) is 14.0. The second-order valence-electron chi connectivity index (χ2n) is 5.36. The summed E-state index contributed by atoms with van der Waals surface area (Å²) in [6, 6.07) is 14.4. The first kappa shape index (κ1) is 18.3. The van der Waals surface area contributed by atoms with Crippen LogP contribution in [0.25, 0.3) is 0 Å². The third-order valence-corrected chi connectivity index (χ3v) is 3.35. The van der Waals surface area contributed by atoms with E-state index in [1.54, 1.807) is 18.2 Å². The summed E-state index contributed by atoms with van der Waals surface area (Å²) in [5, 5.41) is 11.5. The topological polar surface area (TPSA) is 84.9 Å². The summed E-state index contributed by atoms with van der Waals surface area (Å²) < 4.78 is 10.5. The lowest BCUT2D eigenvalue weighted by Crippen LogP contribution is -2.24. The second-order valence-corrected chi connectivity index (χ2v) is 5.36. The molecule has 6 nitrogen and oxygen atoms in total. The lowest BCUT2D eigenvalue weighted by Gasteiger charge is -2.08. The first-order chi connectivity index (χ1) is 12.1. The lowest BCUT2D eigenvalue weighted by molar-refractivity contribution is -0.139. The fourth-order valence-corrected chi connectivity index (χ4v) is 2.21. The maximum absolute atomic E-state index is 12.0. The summed E-state index contributed by atoms with van der Waals surface area (Å²) in [6.07, 6.45) is 0.279. The molecule has 0 saturated carbocycles. The lowest BCUT2D eigenvalue weighted by atomic mass is 10.1. The van der Waals surface area contributed by atoms with E-state index in [-0.39, 0.29) is 12.3 Å². The van der Waals surface area contributed by atoms with Gasteiger partial charge in [0.2, 0.25) is 5.91 Å². The van der Waals surface area contributed by atoms with Gasteiger partial charge >= 0.3 is 5.97 Å². The van der Waals surface area contributed by atoms with Gasteiger partial charge in [-0.05, 0) is 42.3 Å². The van der Waals surface area contributed by atoms with Crippen molar-refractivity contribution in [3.63, 3.8) is 0 Å². The number of benzene rings is 2. The molecule has 0 saturated heterocycles.